The fraction of sp³-hybridized carbons (Fsp3) is 0.889. The first-order valence-corrected chi connectivity index (χ1v) is 13.1. The van der Waals surface area contributed by atoms with Crippen LogP contribution >= 0.6 is 0 Å². The number of rotatable bonds is 22. The van der Waals surface area contributed by atoms with Crippen LogP contribution in [0.2, 0.25) is 0 Å². The molecule has 0 aliphatic carbocycles. The van der Waals surface area contributed by atoms with Gasteiger partial charge in [-0.3, -0.25) is 4.79 Å². The van der Waals surface area contributed by atoms with Gasteiger partial charge < -0.3 is 14.7 Å². The molecule has 5 heteroatoms. The van der Waals surface area contributed by atoms with Crippen molar-refractivity contribution in [1.82, 2.24) is 0 Å². The molecular weight excluding hydrogens is 402 g/mol. The zero-order chi connectivity index (χ0) is 24.3. The Bertz CT molecular complexity index is 534. The van der Waals surface area contributed by atoms with E-state index in [0.717, 1.165) is 19.3 Å². The predicted molar refractivity (Wildman–Crippen MR) is 133 cm³/mol. The molecule has 188 valence electrons. The monoisotopic (exact) mass is 454 g/mol. The molecule has 1 unspecified atom stereocenters. The minimum Gasteiger partial charge on any atom is -0.481 e. The fourth-order valence-electron chi connectivity index (χ4n) is 4.52. The van der Waals surface area contributed by atoms with Crippen LogP contribution in [0.15, 0.2) is 5.57 Å². The van der Waals surface area contributed by atoms with Crippen molar-refractivity contribution in [3.8, 4) is 0 Å². The summed E-state index contributed by atoms with van der Waals surface area (Å²) < 4.78 is 0.383. The average Bonchev–Trinajstić information content (AvgIpc) is 2.68. The van der Waals surface area contributed by atoms with E-state index in [4.69, 9.17) is 0 Å². The highest BCUT2D eigenvalue weighted by Gasteiger charge is 2.40. The number of carbonyl (C=O) groups is 1. The molecular formula is C27H52NO4+. The Balaban J connectivity index is 3.87. The molecule has 0 fully saturated rings. The highest BCUT2D eigenvalue weighted by Crippen LogP contribution is 2.27. The summed E-state index contributed by atoms with van der Waals surface area (Å²) in [4.78, 5) is 22.7. The van der Waals surface area contributed by atoms with Gasteiger partial charge in [0.2, 0.25) is 0 Å². The summed E-state index contributed by atoms with van der Waals surface area (Å²) in [5.41, 5.74) is -1.42. The van der Waals surface area contributed by atoms with Crippen molar-refractivity contribution >= 4 is 11.9 Å². The van der Waals surface area contributed by atoms with E-state index in [2.05, 4.69) is 6.92 Å². The summed E-state index contributed by atoms with van der Waals surface area (Å²) in [6, 6.07) is 0. The van der Waals surface area contributed by atoms with Crippen LogP contribution < -0.4 is 0 Å². The van der Waals surface area contributed by atoms with E-state index in [1.165, 1.54) is 83.5 Å². The number of carbonyl (C=O) groups excluding carboxylic acids is 1. The molecule has 0 spiro atoms. The Morgan fingerprint density at radius 3 is 1.44 bits per heavy atom. The lowest BCUT2D eigenvalue weighted by atomic mass is 9.86. The van der Waals surface area contributed by atoms with E-state index in [-0.39, 0.29) is 12.1 Å². The van der Waals surface area contributed by atoms with Crippen molar-refractivity contribution in [2.24, 2.45) is 0 Å². The highest BCUT2D eigenvalue weighted by atomic mass is 16.4. The number of quaternary nitrogens is 1. The SMILES string of the molecule is CCCCCCCCCCCCCCCCCCC(=C=O)C(O)(CC(=O)O)C[N+](C)(C)C. The number of hydrogen-bond donors (Lipinski definition) is 2. The molecule has 0 heterocycles. The molecule has 0 saturated heterocycles. The van der Waals surface area contributed by atoms with Crippen LogP contribution in [0, 0.1) is 0 Å². The zero-order valence-electron chi connectivity index (χ0n) is 21.6. The summed E-state index contributed by atoms with van der Waals surface area (Å²) in [6.45, 7) is 2.45. The maximum absolute atomic E-state index is 11.5. The van der Waals surface area contributed by atoms with Crippen molar-refractivity contribution in [2.45, 2.75) is 128 Å². The zero-order valence-corrected chi connectivity index (χ0v) is 21.6. The molecule has 0 saturated carbocycles. The van der Waals surface area contributed by atoms with Crippen LogP contribution in [0.3, 0.4) is 0 Å². The smallest absolute Gasteiger partial charge is 0.306 e. The van der Waals surface area contributed by atoms with Gasteiger partial charge in [0.15, 0.2) is 5.60 Å². The number of nitrogens with zero attached hydrogens (tertiary/aromatic N) is 1. The lowest BCUT2D eigenvalue weighted by Crippen LogP contribution is -2.51. The van der Waals surface area contributed by atoms with Gasteiger partial charge in [0.25, 0.3) is 0 Å². The van der Waals surface area contributed by atoms with E-state index < -0.39 is 18.0 Å². The van der Waals surface area contributed by atoms with E-state index in [1.54, 1.807) is 0 Å². The third-order valence-corrected chi connectivity index (χ3v) is 6.14. The lowest BCUT2D eigenvalue weighted by Gasteiger charge is -2.35. The quantitative estimate of drug-likeness (QED) is 0.114. The number of carboxylic acid groups (broad SMARTS) is 1. The van der Waals surface area contributed by atoms with Crippen LogP contribution in [-0.2, 0) is 9.59 Å². The van der Waals surface area contributed by atoms with Gasteiger partial charge in [-0.25, -0.2) is 4.79 Å². The summed E-state index contributed by atoms with van der Waals surface area (Å²) in [6.07, 6.45) is 20.4. The molecule has 0 aromatic rings. The number of aliphatic hydroxyl groups is 1. The number of likely N-dealkylation sites (N-methyl/N-ethyl adjacent to an activating group) is 1. The van der Waals surface area contributed by atoms with Crippen molar-refractivity contribution < 1.29 is 24.3 Å². The van der Waals surface area contributed by atoms with E-state index in [9.17, 15) is 19.8 Å². The standard InChI is InChI=1S/C27H51NO4/c1-5-6-7-8-9-10-11-12-13-14-15-16-17-18-19-20-21-25(23-29)27(32,22-26(30)31)24-28(2,3)4/h32H,5-22,24H2,1-4H3/p+1. The second kappa shape index (κ2) is 18.3. The summed E-state index contributed by atoms with van der Waals surface area (Å²) in [7, 11) is 5.64. The molecule has 32 heavy (non-hydrogen) atoms. The molecule has 5 nitrogen and oxygen atoms in total. The molecule has 1 atom stereocenters. The predicted octanol–water partition coefficient (Wildman–Crippen LogP) is 6.31. The van der Waals surface area contributed by atoms with Gasteiger partial charge in [0.1, 0.15) is 12.5 Å². The van der Waals surface area contributed by atoms with Crippen LogP contribution in [0.5, 0.6) is 0 Å². The van der Waals surface area contributed by atoms with E-state index >= 15 is 0 Å². The number of hydrogen-bond acceptors (Lipinski definition) is 3. The molecule has 0 bridgehead atoms. The van der Waals surface area contributed by atoms with Crippen LogP contribution in [0.25, 0.3) is 0 Å². The molecule has 0 aliphatic rings. The lowest BCUT2D eigenvalue weighted by molar-refractivity contribution is -0.876. The van der Waals surface area contributed by atoms with Crippen molar-refractivity contribution in [3.05, 3.63) is 5.57 Å². The van der Waals surface area contributed by atoms with Gasteiger partial charge >= 0.3 is 5.97 Å². The Morgan fingerprint density at radius 2 is 1.12 bits per heavy atom. The molecule has 2 N–H and O–H groups in total. The van der Waals surface area contributed by atoms with Gasteiger partial charge in [-0.1, -0.05) is 103 Å². The first-order chi connectivity index (χ1) is 15.1. The number of unbranched alkanes of at least 4 members (excludes halogenated alkanes) is 15. The second-order valence-corrected chi connectivity index (χ2v) is 10.7. The largest absolute Gasteiger partial charge is 0.481 e. The third kappa shape index (κ3) is 17.4. The first kappa shape index (κ1) is 30.8. The van der Waals surface area contributed by atoms with Gasteiger partial charge in [0.05, 0.1) is 33.1 Å². The maximum atomic E-state index is 11.5. The van der Waals surface area contributed by atoms with Gasteiger partial charge in [-0.15, -0.1) is 0 Å². The van der Waals surface area contributed by atoms with Crippen LogP contribution in [0.1, 0.15) is 122 Å². The Labute approximate surface area is 197 Å². The third-order valence-electron chi connectivity index (χ3n) is 6.14. The first-order valence-electron chi connectivity index (χ1n) is 13.1. The topological polar surface area (TPSA) is 74.6 Å². The highest BCUT2D eigenvalue weighted by molar-refractivity contribution is 5.71. The summed E-state index contributed by atoms with van der Waals surface area (Å²) >= 11 is 0. The molecule has 0 aromatic heterocycles. The van der Waals surface area contributed by atoms with E-state index in [0.29, 0.717) is 10.9 Å². The Hall–Kier alpha value is -1.16. The van der Waals surface area contributed by atoms with Crippen LogP contribution in [0.4, 0.5) is 0 Å². The summed E-state index contributed by atoms with van der Waals surface area (Å²) in [5.74, 6) is 0.770. The van der Waals surface area contributed by atoms with Crippen molar-refractivity contribution in [3.63, 3.8) is 0 Å². The Morgan fingerprint density at radius 1 is 0.750 bits per heavy atom. The van der Waals surface area contributed by atoms with Gasteiger partial charge in [0, 0.05) is 0 Å². The van der Waals surface area contributed by atoms with Gasteiger partial charge in [-0.05, 0) is 12.8 Å². The molecule has 0 aromatic carbocycles. The molecule has 0 rings (SSSR count). The van der Waals surface area contributed by atoms with Crippen molar-refractivity contribution in [2.75, 3.05) is 27.7 Å². The minimum absolute atomic E-state index is 0.183. The normalized spacial score (nSPS) is 13.5. The van der Waals surface area contributed by atoms with Gasteiger partial charge in [-0.2, -0.15) is 0 Å². The second-order valence-electron chi connectivity index (χ2n) is 10.7. The fourth-order valence-corrected chi connectivity index (χ4v) is 4.52. The Kier molecular flexibility index (Phi) is 17.6. The molecule has 0 amide bonds. The maximum Gasteiger partial charge on any atom is 0.306 e. The van der Waals surface area contributed by atoms with E-state index in [1.807, 2.05) is 27.1 Å². The molecule has 0 radical (unpaired) electrons. The minimum atomic E-state index is -1.62. The number of aliphatic carboxylic acids is 1. The van der Waals surface area contributed by atoms with Crippen LogP contribution in [-0.4, -0.2) is 59.9 Å². The summed E-state index contributed by atoms with van der Waals surface area (Å²) in [5, 5.41) is 20.1. The average molecular weight is 455 g/mol. The molecule has 0 aliphatic heterocycles. The van der Waals surface area contributed by atoms with Crippen molar-refractivity contribution in [1.29, 1.82) is 0 Å². The number of carboxylic acids is 1.